The van der Waals surface area contributed by atoms with Crippen LogP contribution in [0.1, 0.15) is 50.7 Å². The molecule has 156 valence electrons. The standard InChI is InChI=1S/2C9H12.2C6H6/c2*1-8(2)9-6-4-3-5-7-9;2*1-2-4-6-5-3-1/h2*3-8H,1-2H3;2*1-6H. The van der Waals surface area contributed by atoms with Gasteiger partial charge in [0, 0.05) is 0 Å². The largest absolute Gasteiger partial charge is 0.0623 e. The van der Waals surface area contributed by atoms with Crippen LogP contribution in [0.5, 0.6) is 0 Å². The predicted molar refractivity (Wildman–Crippen MR) is 134 cm³/mol. The molecule has 0 heteroatoms. The topological polar surface area (TPSA) is 0 Å². The van der Waals surface area contributed by atoms with E-state index in [0.717, 1.165) is 0 Å². The van der Waals surface area contributed by atoms with Gasteiger partial charge in [-0.1, -0.05) is 161 Å². The van der Waals surface area contributed by atoms with Crippen LogP contribution in [0, 0.1) is 0 Å². The van der Waals surface area contributed by atoms with Crippen molar-refractivity contribution in [1.82, 2.24) is 0 Å². The molecule has 0 bridgehead atoms. The minimum absolute atomic E-state index is 0.659. The smallest absolute Gasteiger partial charge is 0.0219 e. The van der Waals surface area contributed by atoms with Crippen molar-refractivity contribution in [2.45, 2.75) is 39.5 Å². The summed E-state index contributed by atoms with van der Waals surface area (Å²) in [7, 11) is 0. The summed E-state index contributed by atoms with van der Waals surface area (Å²) in [5.41, 5.74) is 2.83. The van der Waals surface area contributed by atoms with Crippen molar-refractivity contribution >= 4 is 0 Å². The Morgan fingerprint density at radius 1 is 0.300 bits per heavy atom. The molecule has 0 aliphatic heterocycles. The van der Waals surface area contributed by atoms with Gasteiger partial charge in [-0.3, -0.25) is 0 Å². The number of hydrogen-bond donors (Lipinski definition) is 0. The molecule has 0 fully saturated rings. The van der Waals surface area contributed by atoms with Crippen LogP contribution in [0.25, 0.3) is 0 Å². The van der Waals surface area contributed by atoms with Gasteiger partial charge >= 0.3 is 0 Å². The summed E-state index contributed by atoms with van der Waals surface area (Å²) in [6.07, 6.45) is 0. The maximum atomic E-state index is 2.20. The molecule has 0 atom stereocenters. The van der Waals surface area contributed by atoms with Crippen molar-refractivity contribution in [2.75, 3.05) is 0 Å². The molecule has 0 radical (unpaired) electrons. The molecule has 4 rings (SSSR count). The van der Waals surface area contributed by atoms with E-state index in [-0.39, 0.29) is 0 Å². The SMILES string of the molecule is CC(C)c1ccccc1.CC(C)c1ccccc1.c1ccccc1.c1ccccc1. The molecule has 4 aromatic rings. The van der Waals surface area contributed by atoms with Crippen LogP contribution >= 0.6 is 0 Å². The maximum Gasteiger partial charge on any atom is -0.0219 e. The normalized spacial score (nSPS) is 9.27. The first kappa shape index (κ1) is 24.9. The quantitative estimate of drug-likeness (QED) is 0.317. The average molecular weight is 397 g/mol. The molecular formula is C30H36. The summed E-state index contributed by atoms with van der Waals surface area (Å²) in [4.78, 5) is 0. The van der Waals surface area contributed by atoms with Crippen molar-refractivity contribution in [3.05, 3.63) is 145 Å². The van der Waals surface area contributed by atoms with Gasteiger partial charge in [0.15, 0.2) is 0 Å². The number of benzene rings is 4. The summed E-state index contributed by atoms with van der Waals surface area (Å²) in [5, 5.41) is 0. The van der Waals surface area contributed by atoms with Crippen molar-refractivity contribution in [1.29, 1.82) is 0 Å². The minimum Gasteiger partial charge on any atom is -0.0623 e. The summed E-state index contributed by atoms with van der Waals surface area (Å²) in [6.45, 7) is 8.81. The lowest BCUT2D eigenvalue weighted by atomic mass is 10.0. The number of rotatable bonds is 2. The third kappa shape index (κ3) is 13.1. The van der Waals surface area contributed by atoms with E-state index in [9.17, 15) is 0 Å². The van der Waals surface area contributed by atoms with Crippen molar-refractivity contribution in [2.24, 2.45) is 0 Å². The Morgan fingerprint density at radius 3 is 0.600 bits per heavy atom. The van der Waals surface area contributed by atoms with E-state index in [1.807, 2.05) is 84.9 Å². The Labute approximate surface area is 184 Å². The summed E-state index contributed by atoms with van der Waals surface area (Å²) in [5.74, 6) is 1.32. The van der Waals surface area contributed by atoms with Crippen LogP contribution in [0.15, 0.2) is 133 Å². The lowest BCUT2D eigenvalue weighted by molar-refractivity contribution is 0.867. The van der Waals surface area contributed by atoms with Gasteiger partial charge in [0.2, 0.25) is 0 Å². The van der Waals surface area contributed by atoms with Gasteiger partial charge in [-0.05, 0) is 23.0 Å². The molecule has 0 saturated heterocycles. The lowest BCUT2D eigenvalue weighted by Gasteiger charge is -2.01. The zero-order valence-corrected chi connectivity index (χ0v) is 18.9. The summed E-state index contributed by atoms with van der Waals surface area (Å²) >= 11 is 0. The van der Waals surface area contributed by atoms with Gasteiger partial charge in [-0.15, -0.1) is 0 Å². The fourth-order valence-corrected chi connectivity index (χ4v) is 2.45. The van der Waals surface area contributed by atoms with Crippen molar-refractivity contribution in [3.63, 3.8) is 0 Å². The van der Waals surface area contributed by atoms with Gasteiger partial charge < -0.3 is 0 Å². The Hall–Kier alpha value is -3.12. The molecule has 0 amide bonds. The fourth-order valence-electron chi connectivity index (χ4n) is 2.45. The van der Waals surface area contributed by atoms with Gasteiger partial charge in [0.25, 0.3) is 0 Å². The zero-order chi connectivity index (χ0) is 21.9. The average Bonchev–Trinajstić information content (AvgIpc) is 2.84. The molecule has 0 aromatic heterocycles. The molecule has 0 spiro atoms. The third-order valence-corrected chi connectivity index (χ3v) is 4.27. The monoisotopic (exact) mass is 396 g/mol. The molecule has 0 heterocycles. The predicted octanol–water partition coefficient (Wildman–Crippen LogP) is 8.99. The molecule has 0 unspecified atom stereocenters. The van der Waals surface area contributed by atoms with Gasteiger partial charge in [0.05, 0.1) is 0 Å². The molecular weight excluding hydrogens is 360 g/mol. The maximum absolute atomic E-state index is 2.20. The second-order valence-corrected chi connectivity index (χ2v) is 7.44. The van der Waals surface area contributed by atoms with Crippen LogP contribution in [0.3, 0.4) is 0 Å². The van der Waals surface area contributed by atoms with E-state index in [1.165, 1.54) is 11.1 Å². The van der Waals surface area contributed by atoms with Gasteiger partial charge in [-0.2, -0.15) is 0 Å². The van der Waals surface area contributed by atoms with Crippen LogP contribution < -0.4 is 0 Å². The Morgan fingerprint density at radius 2 is 0.467 bits per heavy atom. The van der Waals surface area contributed by atoms with Crippen molar-refractivity contribution < 1.29 is 0 Å². The van der Waals surface area contributed by atoms with Crippen LogP contribution in [-0.4, -0.2) is 0 Å². The second kappa shape index (κ2) is 16.8. The Bertz CT molecular complexity index is 691. The van der Waals surface area contributed by atoms with Gasteiger partial charge in [0.1, 0.15) is 0 Å². The zero-order valence-electron chi connectivity index (χ0n) is 18.9. The fraction of sp³-hybridized carbons (Fsp3) is 0.200. The highest BCUT2D eigenvalue weighted by Gasteiger charge is 1.94. The van der Waals surface area contributed by atoms with E-state index in [1.54, 1.807) is 0 Å². The summed E-state index contributed by atoms with van der Waals surface area (Å²) in [6, 6.07) is 45.0. The molecule has 0 N–H and O–H groups in total. The lowest BCUT2D eigenvalue weighted by Crippen LogP contribution is -1.83. The van der Waals surface area contributed by atoms with E-state index >= 15 is 0 Å². The van der Waals surface area contributed by atoms with E-state index in [4.69, 9.17) is 0 Å². The number of hydrogen-bond acceptors (Lipinski definition) is 0. The first-order chi connectivity index (χ1) is 14.6. The van der Waals surface area contributed by atoms with Crippen molar-refractivity contribution in [3.8, 4) is 0 Å². The van der Waals surface area contributed by atoms with Crippen LogP contribution in [0.4, 0.5) is 0 Å². The minimum atomic E-state index is 0.659. The van der Waals surface area contributed by atoms with E-state index < -0.39 is 0 Å². The molecule has 0 aliphatic rings. The third-order valence-electron chi connectivity index (χ3n) is 4.27. The highest BCUT2D eigenvalue weighted by atomic mass is 14.0. The first-order valence-electron chi connectivity index (χ1n) is 10.7. The molecule has 0 saturated carbocycles. The Balaban J connectivity index is 0.000000204. The molecule has 4 aromatic carbocycles. The molecule has 0 nitrogen and oxygen atoms in total. The second-order valence-electron chi connectivity index (χ2n) is 7.44. The molecule has 0 aliphatic carbocycles. The summed E-state index contributed by atoms with van der Waals surface area (Å²) < 4.78 is 0. The van der Waals surface area contributed by atoms with E-state index in [2.05, 4.69) is 76.2 Å². The highest BCUT2D eigenvalue weighted by molar-refractivity contribution is 5.18. The first-order valence-corrected chi connectivity index (χ1v) is 10.7. The highest BCUT2D eigenvalue weighted by Crippen LogP contribution is 2.12. The van der Waals surface area contributed by atoms with Crippen LogP contribution in [0.2, 0.25) is 0 Å². The van der Waals surface area contributed by atoms with E-state index in [0.29, 0.717) is 11.8 Å². The molecule has 30 heavy (non-hydrogen) atoms. The van der Waals surface area contributed by atoms with Crippen LogP contribution in [-0.2, 0) is 0 Å². The van der Waals surface area contributed by atoms with Gasteiger partial charge in [-0.25, -0.2) is 0 Å². The Kier molecular flexibility index (Phi) is 14.0.